The van der Waals surface area contributed by atoms with Crippen LogP contribution in [0, 0.1) is 6.92 Å². The largest absolute Gasteiger partial charge is 0.461 e. The van der Waals surface area contributed by atoms with Crippen LogP contribution in [0.5, 0.6) is 0 Å². The first-order chi connectivity index (χ1) is 8.28. The van der Waals surface area contributed by atoms with E-state index in [9.17, 15) is 18.0 Å². The summed E-state index contributed by atoms with van der Waals surface area (Å²) < 4.78 is 40.2. The van der Waals surface area contributed by atoms with E-state index in [-0.39, 0.29) is 29.7 Å². The summed E-state index contributed by atoms with van der Waals surface area (Å²) in [6.45, 7) is 1.46. The molecule has 0 spiro atoms. The molecule has 0 aliphatic heterocycles. The number of ether oxygens (including phenoxy) is 1. The molecular formula is C11H12F3NO2S. The number of anilines is 1. The Kier molecular flexibility index (Phi) is 4.89. The Hall–Kier alpha value is -1.37. The fourth-order valence-electron chi connectivity index (χ4n) is 1.31. The summed E-state index contributed by atoms with van der Waals surface area (Å²) >= 11 is -0.225. The van der Waals surface area contributed by atoms with Crippen molar-refractivity contribution >= 4 is 23.4 Å². The topological polar surface area (TPSA) is 52.3 Å². The Morgan fingerprint density at radius 1 is 1.39 bits per heavy atom. The minimum atomic E-state index is -4.31. The van der Waals surface area contributed by atoms with Gasteiger partial charge >= 0.3 is 11.5 Å². The van der Waals surface area contributed by atoms with Crippen molar-refractivity contribution in [2.45, 2.75) is 12.4 Å². The number of hydrogen-bond acceptors (Lipinski definition) is 4. The molecule has 2 N–H and O–H groups in total. The Bertz CT molecular complexity index is 415. The smallest absolute Gasteiger partial charge is 0.441 e. The van der Waals surface area contributed by atoms with Gasteiger partial charge in [-0.2, -0.15) is 13.2 Å². The van der Waals surface area contributed by atoms with Crippen LogP contribution < -0.4 is 5.73 Å². The lowest BCUT2D eigenvalue weighted by atomic mass is 10.1. The van der Waals surface area contributed by atoms with E-state index < -0.39 is 11.5 Å². The second-order valence-corrected chi connectivity index (χ2v) is 4.72. The quantitative estimate of drug-likeness (QED) is 0.523. The number of hydrogen-bond donors (Lipinski definition) is 1. The van der Waals surface area contributed by atoms with Gasteiger partial charge in [-0.3, -0.25) is 0 Å². The predicted molar refractivity (Wildman–Crippen MR) is 64.4 cm³/mol. The Morgan fingerprint density at radius 2 is 2.06 bits per heavy atom. The standard InChI is InChI=1S/C11H12F3NO2S/c1-7-4-8(6-9(15)5-7)10(16)17-2-3-18-11(12,13)14/h4-6H,2-3,15H2,1H3. The highest BCUT2D eigenvalue weighted by molar-refractivity contribution is 8.00. The number of esters is 1. The van der Waals surface area contributed by atoms with E-state index in [0.717, 1.165) is 5.56 Å². The minimum absolute atomic E-state index is 0.225. The van der Waals surface area contributed by atoms with Crippen LogP contribution in [0.15, 0.2) is 18.2 Å². The highest BCUT2D eigenvalue weighted by Gasteiger charge is 2.27. The molecule has 0 bridgehead atoms. The van der Waals surface area contributed by atoms with Gasteiger partial charge in [0.15, 0.2) is 0 Å². The first kappa shape index (κ1) is 14.7. The molecule has 1 aromatic rings. The van der Waals surface area contributed by atoms with Crippen LogP contribution in [0.3, 0.4) is 0 Å². The van der Waals surface area contributed by atoms with E-state index >= 15 is 0 Å². The molecule has 0 amide bonds. The zero-order valence-corrected chi connectivity index (χ0v) is 10.4. The van der Waals surface area contributed by atoms with Gasteiger partial charge in [-0.25, -0.2) is 4.79 Å². The maximum Gasteiger partial charge on any atom is 0.441 e. The van der Waals surface area contributed by atoms with E-state index in [2.05, 4.69) is 0 Å². The van der Waals surface area contributed by atoms with Crippen molar-refractivity contribution in [2.24, 2.45) is 0 Å². The minimum Gasteiger partial charge on any atom is -0.461 e. The van der Waals surface area contributed by atoms with Gasteiger partial charge in [-0.15, -0.1) is 0 Å². The van der Waals surface area contributed by atoms with Crippen molar-refractivity contribution in [2.75, 3.05) is 18.1 Å². The van der Waals surface area contributed by atoms with Gasteiger partial charge in [-0.05, 0) is 42.4 Å². The summed E-state index contributed by atoms with van der Waals surface area (Å²) in [7, 11) is 0. The maximum absolute atomic E-state index is 11.8. The number of nitrogens with two attached hydrogens (primary N) is 1. The number of carbonyl (C=O) groups excluding carboxylic acids is 1. The van der Waals surface area contributed by atoms with E-state index in [1.807, 2.05) is 0 Å². The van der Waals surface area contributed by atoms with Crippen LogP contribution >= 0.6 is 11.8 Å². The first-order valence-electron chi connectivity index (χ1n) is 5.03. The number of carbonyl (C=O) groups is 1. The monoisotopic (exact) mass is 279 g/mol. The number of rotatable bonds is 4. The van der Waals surface area contributed by atoms with E-state index in [1.165, 1.54) is 6.07 Å². The van der Waals surface area contributed by atoms with Crippen LogP contribution in [-0.2, 0) is 4.74 Å². The molecule has 0 atom stereocenters. The molecule has 18 heavy (non-hydrogen) atoms. The molecule has 1 rings (SSSR count). The fraction of sp³-hybridized carbons (Fsp3) is 0.364. The Morgan fingerprint density at radius 3 is 2.61 bits per heavy atom. The fourth-order valence-corrected chi connectivity index (χ4v) is 1.70. The molecule has 100 valence electrons. The molecule has 0 aromatic heterocycles. The first-order valence-corrected chi connectivity index (χ1v) is 6.01. The summed E-state index contributed by atoms with van der Waals surface area (Å²) in [6, 6.07) is 4.66. The molecule has 1 aromatic carbocycles. The highest BCUT2D eigenvalue weighted by Crippen LogP contribution is 2.29. The summed E-state index contributed by atoms with van der Waals surface area (Å²) in [5.74, 6) is -0.996. The van der Waals surface area contributed by atoms with Crippen LogP contribution in [-0.4, -0.2) is 23.8 Å². The van der Waals surface area contributed by atoms with Gasteiger partial charge in [0.2, 0.25) is 0 Å². The number of thioether (sulfide) groups is 1. The van der Waals surface area contributed by atoms with E-state index in [4.69, 9.17) is 10.5 Å². The summed E-state index contributed by atoms with van der Waals surface area (Å²) in [6.07, 6.45) is 0. The summed E-state index contributed by atoms with van der Waals surface area (Å²) in [5.41, 5.74) is 2.68. The second-order valence-electron chi connectivity index (χ2n) is 3.56. The summed E-state index contributed by atoms with van der Waals surface area (Å²) in [5, 5.41) is 0. The molecular weight excluding hydrogens is 267 g/mol. The molecule has 0 heterocycles. The third kappa shape index (κ3) is 5.31. The van der Waals surface area contributed by atoms with Gasteiger partial charge in [0.1, 0.15) is 6.61 Å². The summed E-state index contributed by atoms with van der Waals surface area (Å²) in [4.78, 5) is 11.5. The van der Waals surface area contributed by atoms with Crippen molar-refractivity contribution in [3.05, 3.63) is 29.3 Å². The number of alkyl halides is 3. The van der Waals surface area contributed by atoms with Crippen LogP contribution in [0.4, 0.5) is 18.9 Å². The van der Waals surface area contributed by atoms with Crippen LogP contribution in [0.1, 0.15) is 15.9 Å². The van der Waals surface area contributed by atoms with Crippen molar-refractivity contribution in [3.8, 4) is 0 Å². The molecule has 0 saturated carbocycles. The zero-order valence-electron chi connectivity index (χ0n) is 9.58. The normalized spacial score (nSPS) is 11.3. The molecule has 0 radical (unpaired) electrons. The number of aryl methyl sites for hydroxylation is 1. The SMILES string of the molecule is Cc1cc(N)cc(C(=O)OCCSC(F)(F)F)c1. The van der Waals surface area contributed by atoms with Crippen LogP contribution in [0.2, 0.25) is 0 Å². The molecule has 3 nitrogen and oxygen atoms in total. The van der Waals surface area contributed by atoms with Gasteiger partial charge in [0.25, 0.3) is 0 Å². The van der Waals surface area contributed by atoms with Crippen molar-refractivity contribution in [1.29, 1.82) is 0 Å². The number of nitrogen functional groups attached to an aromatic ring is 1. The van der Waals surface area contributed by atoms with Gasteiger partial charge in [0.05, 0.1) is 5.56 Å². The van der Waals surface area contributed by atoms with E-state index in [0.29, 0.717) is 5.69 Å². The third-order valence-electron chi connectivity index (χ3n) is 1.92. The second kappa shape index (κ2) is 5.99. The van der Waals surface area contributed by atoms with Gasteiger partial charge in [0, 0.05) is 11.4 Å². The molecule has 0 aliphatic rings. The van der Waals surface area contributed by atoms with Crippen molar-refractivity contribution in [1.82, 2.24) is 0 Å². The third-order valence-corrected chi connectivity index (χ3v) is 2.62. The number of benzene rings is 1. The lowest BCUT2D eigenvalue weighted by Crippen LogP contribution is -2.11. The lowest BCUT2D eigenvalue weighted by molar-refractivity contribution is -0.0331. The van der Waals surface area contributed by atoms with E-state index in [1.54, 1.807) is 19.1 Å². The van der Waals surface area contributed by atoms with Crippen LogP contribution in [0.25, 0.3) is 0 Å². The lowest BCUT2D eigenvalue weighted by Gasteiger charge is -2.07. The molecule has 0 fully saturated rings. The molecule has 0 unspecified atom stereocenters. The van der Waals surface area contributed by atoms with Gasteiger partial charge < -0.3 is 10.5 Å². The maximum atomic E-state index is 11.8. The predicted octanol–water partition coefficient (Wildman–Crippen LogP) is 2.99. The highest BCUT2D eigenvalue weighted by atomic mass is 32.2. The Balaban J connectivity index is 2.46. The number of halogens is 3. The molecule has 0 saturated heterocycles. The molecule has 0 aliphatic carbocycles. The van der Waals surface area contributed by atoms with Crippen molar-refractivity contribution < 1.29 is 22.7 Å². The van der Waals surface area contributed by atoms with Gasteiger partial charge in [-0.1, -0.05) is 0 Å². The zero-order chi connectivity index (χ0) is 13.8. The Labute approximate surface area is 106 Å². The average molecular weight is 279 g/mol. The molecule has 7 heteroatoms. The van der Waals surface area contributed by atoms with Crippen molar-refractivity contribution in [3.63, 3.8) is 0 Å². The average Bonchev–Trinajstić information content (AvgIpc) is 2.21.